The van der Waals surface area contributed by atoms with Gasteiger partial charge in [0.15, 0.2) is 0 Å². The lowest BCUT2D eigenvalue weighted by Crippen LogP contribution is -2.66. The van der Waals surface area contributed by atoms with E-state index in [2.05, 4.69) is 21.1 Å². The van der Waals surface area contributed by atoms with Crippen LogP contribution in [0.25, 0.3) is 0 Å². The zero-order chi connectivity index (χ0) is 10.2. The minimum Gasteiger partial charge on any atom is -0.382 e. The van der Waals surface area contributed by atoms with Gasteiger partial charge in [-0.15, -0.1) is 11.6 Å². The SMILES string of the molecule is CC(O)(CCl)C(C)(C)[N+](C)(C)C. The van der Waals surface area contributed by atoms with Gasteiger partial charge in [0.05, 0.1) is 27.0 Å². The molecule has 0 fully saturated rings. The molecule has 3 heteroatoms. The summed E-state index contributed by atoms with van der Waals surface area (Å²) >= 11 is 5.72. The second kappa shape index (κ2) is 3.17. The lowest BCUT2D eigenvalue weighted by molar-refractivity contribution is -0.927. The first-order valence-electron chi connectivity index (χ1n) is 4.16. The number of quaternary nitrogens is 1. The van der Waals surface area contributed by atoms with Gasteiger partial charge >= 0.3 is 0 Å². The monoisotopic (exact) mass is 194 g/mol. The Labute approximate surface area is 80.7 Å². The molecule has 2 nitrogen and oxygen atoms in total. The molecule has 0 aromatic rings. The molecule has 0 amide bonds. The summed E-state index contributed by atoms with van der Waals surface area (Å²) in [6, 6.07) is 0. The van der Waals surface area contributed by atoms with Crippen LogP contribution < -0.4 is 0 Å². The number of halogens is 1. The fourth-order valence-corrected chi connectivity index (χ4v) is 1.21. The molecule has 74 valence electrons. The largest absolute Gasteiger partial charge is 0.382 e. The first kappa shape index (κ1) is 12.2. The number of hydrogen-bond acceptors (Lipinski definition) is 1. The molecule has 0 aromatic carbocycles. The quantitative estimate of drug-likeness (QED) is 0.533. The zero-order valence-electron chi connectivity index (χ0n) is 8.98. The highest BCUT2D eigenvalue weighted by molar-refractivity contribution is 6.18. The van der Waals surface area contributed by atoms with E-state index in [4.69, 9.17) is 11.6 Å². The predicted molar refractivity (Wildman–Crippen MR) is 53.5 cm³/mol. The van der Waals surface area contributed by atoms with Crippen molar-refractivity contribution in [2.45, 2.75) is 31.9 Å². The molecule has 0 heterocycles. The maximum Gasteiger partial charge on any atom is 0.129 e. The number of rotatable bonds is 3. The highest BCUT2D eigenvalue weighted by atomic mass is 35.5. The van der Waals surface area contributed by atoms with Crippen LogP contribution in [0.2, 0.25) is 0 Å². The molecule has 0 aliphatic rings. The number of alkyl halides is 1. The molecule has 0 saturated carbocycles. The van der Waals surface area contributed by atoms with Crippen LogP contribution in [0.15, 0.2) is 0 Å². The standard InChI is InChI=1S/C9H21ClNO/c1-8(2,11(4,5)6)9(3,12)7-10/h12H,7H2,1-6H3/q+1. The van der Waals surface area contributed by atoms with Crippen LogP contribution in [0, 0.1) is 0 Å². The summed E-state index contributed by atoms with van der Waals surface area (Å²) in [7, 11) is 6.17. The molecule has 0 aliphatic carbocycles. The van der Waals surface area contributed by atoms with Crippen molar-refractivity contribution in [3.05, 3.63) is 0 Å². The van der Waals surface area contributed by atoms with Gasteiger partial charge in [-0.05, 0) is 20.8 Å². The van der Waals surface area contributed by atoms with Crippen LogP contribution in [0.5, 0.6) is 0 Å². The van der Waals surface area contributed by atoms with Gasteiger partial charge in [0, 0.05) is 0 Å². The minimum absolute atomic E-state index is 0.255. The van der Waals surface area contributed by atoms with Crippen molar-refractivity contribution < 1.29 is 9.59 Å². The van der Waals surface area contributed by atoms with Crippen molar-refractivity contribution in [2.75, 3.05) is 27.0 Å². The summed E-state index contributed by atoms with van der Waals surface area (Å²) < 4.78 is 0.687. The lowest BCUT2D eigenvalue weighted by Gasteiger charge is -2.49. The molecular formula is C9H21ClNO+. The number of hydrogen-bond donors (Lipinski definition) is 1. The van der Waals surface area contributed by atoms with Crippen molar-refractivity contribution in [3.63, 3.8) is 0 Å². The van der Waals surface area contributed by atoms with Crippen LogP contribution in [0.4, 0.5) is 0 Å². The Balaban J connectivity index is 4.85. The third kappa shape index (κ3) is 1.93. The Morgan fingerprint density at radius 1 is 1.17 bits per heavy atom. The van der Waals surface area contributed by atoms with Crippen molar-refractivity contribution in [3.8, 4) is 0 Å². The normalized spacial score (nSPS) is 19.0. The second-order valence-corrected chi connectivity index (χ2v) is 5.25. The van der Waals surface area contributed by atoms with Crippen molar-refractivity contribution in [1.29, 1.82) is 0 Å². The number of nitrogens with zero attached hydrogens (tertiary/aromatic N) is 1. The van der Waals surface area contributed by atoms with Crippen molar-refractivity contribution in [1.82, 2.24) is 0 Å². The Kier molecular flexibility index (Phi) is 3.22. The Bertz CT molecular complexity index is 158. The minimum atomic E-state index is -0.840. The van der Waals surface area contributed by atoms with E-state index in [1.54, 1.807) is 6.92 Å². The average Bonchev–Trinajstić information content (AvgIpc) is 1.85. The smallest absolute Gasteiger partial charge is 0.129 e. The first-order chi connectivity index (χ1) is 5.06. The van der Waals surface area contributed by atoms with Crippen LogP contribution >= 0.6 is 11.6 Å². The van der Waals surface area contributed by atoms with E-state index >= 15 is 0 Å². The fourth-order valence-electron chi connectivity index (χ4n) is 0.886. The summed E-state index contributed by atoms with van der Waals surface area (Å²) in [4.78, 5) is 0. The summed E-state index contributed by atoms with van der Waals surface area (Å²) in [5.74, 6) is 0.259. The van der Waals surface area contributed by atoms with Gasteiger partial charge in [-0.2, -0.15) is 0 Å². The number of likely N-dealkylation sites (N-methyl/N-ethyl adjacent to an activating group) is 1. The highest BCUT2D eigenvalue weighted by Gasteiger charge is 2.48. The summed E-state index contributed by atoms with van der Waals surface area (Å²) in [6.45, 7) is 5.83. The summed E-state index contributed by atoms with van der Waals surface area (Å²) in [6.07, 6.45) is 0. The van der Waals surface area contributed by atoms with Gasteiger partial charge < -0.3 is 9.59 Å². The molecule has 1 N–H and O–H groups in total. The van der Waals surface area contributed by atoms with E-state index in [0.29, 0.717) is 4.48 Å². The Hall–Kier alpha value is 0.210. The van der Waals surface area contributed by atoms with Crippen LogP contribution in [0.3, 0.4) is 0 Å². The van der Waals surface area contributed by atoms with Gasteiger partial charge in [-0.25, -0.2) is 0 Å². The summed E-state index contributed by atoms with van der Waals surface area (Å²) in [5.41, 5.74) is -1.10. The molecule has 1 atom stereocenters. The van der Waals surface area contributed by atoms with Gasteiger partial charge in [0.25, 0.3) is 0 Å². The van der Waals surface area contributed by atoms with E-state index in [9.17, 15) is 5.11 Å². The molecule has 0 rings (SSSR count). The molecule has 1 unspecified atom stereocenters. The van der Waals surface area contributed by atoms with Gasteiger partial charge in [0.1, 0.15) is 11.1 Å². The highest BCUT2D eigenvalue weighted by Crippen LogP contribution is 2.31. The van der Waals surface area contributed by atoms with E-state index in [1.165, 1.54) is 0 Å². The molecule has 0 bridgehead atoms. The first-order valence-corrected chi connectivity index (χ1v) is 4.69. The molecule has 12 heavy (non-hydrogen) atoms. The molecule has 0 saturated heterocycles. The molecule has 0 radical (unpaired) electrons. The molecule has 0 aromatic heterocycles. The molecular weight excluding hydrogens is 174 g/mol. The van der Waals surface area contributed by atoms with E-state index in [-0.39, 0.29) is 11.4 Å². The summed E-state index contributed by atoms with van der Waals surface area (Å²) in [5, 5.41) is 10.0. The molecule has 0 spiro atoms. The van der Waals surface area contributed by atoms with Crippen molar-refractivity contribution in [2.24, 2.45) is 0 Å². The topological polar surface area (TPSA) is 20.2 Å². The van der Waals surface area contributed by atoms with Gasteiger partial charge in [-0.3, -0.25) is 0 Å². The Morgan fingerprint density at radius 2 is 1.50 bits per heavy atom. The maximum atomic E-state index is 10.0. The zero-order valence-corrected chi connectivity index (χ0v) is 9.74. The third-order valence-electron chi connectivity index (χ3n) is 3.26. The van der Waals surface area contributed by atoms with Crippen molar-refractivity contribution >= 4 is 11.6 Å². The fraction of sp³-hybridized carbons (Fsp3) is 1.00. The van der Waals surface area contributed by atoms with E-state index in [0.717, 1.165) is 0 Å². The van der Waals surface area contributed by atoms with E-state index in [1.807, 2.05) is 13.8 Å². The number of aliphatic hydroxyl groups is 1. The second-order valence-electron chi connectivity index (χ2n) is 4.98. The maximum absolute atomic E-state index is 10.0. The van der Waals surface area contributed by atoms with Crippen LogP contribution in [0.1, 0.15) is 20.8 Å². The Morgan fingerprint density at radius 3 is 1.58 bits per heavy atom. The average molecular weight is 195 g/mol. The third-order valence-corrected chi connectivity index (χ3v) is 3.78. The van der Waals surface area contributed by atoms with Gasteiger partial charge in [0.2, 0.25) is 0 Å². The van der Waals surface area contributed by atoms with E-state index < -0.39 is 5.60 Å². The predicted octanol–water partition coefficient (Wildman–Crippen LogP) is 1.46. The van der Waals surface area contributed by atoms with Crippen LogP contribution in [-0.2, 0) is 0 Å². The molecule has 0 aliphatic heterocycles. The van der Waals surface area contributed by atoms with Crippen LogP contribution in [-0.4, -0.2) is 47.8 Å². The lowest BCUT2D eigenvalue weighted by atomic mass is 9.83. The van der Waals surface area contributed by atoms with Gasteiger partial charge in [-0.1, -0.05) is 0 Å².